The summed E-state index contributed by atoms with van der Waals surface area (Å²) in [6.45, 7) is 6.72. The van der Waals surface area contributed by atoms with E-state index in [0.717, 1.165) is 8.95 Å². The van der Waals surface area contributed by atoms with Crippen LogP contribution in [0.1, 0.15) is 47.0 Å². The standard InChI is InChI=1S/C21H26Br2O4S2/c1-5-15-21(6-2,29(26,27)19-13-9-17(23)10-14-19)20(3,4)28(24,25)18-11-7-16(22)8-12-18/h7-14H,5-6,15H2,1-4H3. The van der Waals surface area contributed by atoms with Crippen molar-refractivity contribution in [1.29, 1.82) is 0 Å². The second-order valence-corrected chi connectivity index (χ2v) is 14.1. The van der Waals surface area contributed by atoms with Gasteiger partial charge < -0.3 is 0 Å². The fourth-order valence-corrected chi connectivity index (χ4v) is 9.40. The lowest BCUT2D eigenvalue weighted by molar-refractivity contribution is 0.372. The van der Waals surface area contributed by atoms with Crippen molar-refractivity contribution in [3.05, 3.63) is 57.5 Å². The summed E-state index contributed by atoms with van der Waals surface area (Å²) in [5.41, 5.74) is 0. The summed E-state index contributed by atoms with van der Waals surface area (Å²) in [5, 5.41) is 0. The first-order valence-electron chi connectivity index (χ1n) is 9.38. The highest BCUT2D eigenvalue weighted by molar-refractivity contribution is 9.10. The first-order valence-corrected chi connectivity index (χ1v) is 13.9. The number of hydrogen-bond acceptors (Lipinski definition) is 4. The van der Waals surface area contributed by atoms with E-state index in [9.17, 15) is 16.8 Å². The minimum atomic E-state index is -3.96. The summed E-state index contributed by atoms with van der Waals surface area (Å²) in [7, 11) is -7.91. The largest absolute Gasteiger partial charge is 0.223 e. The summed E-state index contributed by atoms with van der Waals surface area (Å²) in [6, 6.07) is 12.7. The van der Waals surface area contributed by atoms with Gasteiger partial charge in [0.05, 0.1) is 19.3 Å². The topological polar surface area (TPSA) is 68.3 Å². The summed E-state index contributed by atoms with van der Waals surface area (Å²) in [5.74, 6) is 0. The molecule has 0 saturated carbocycles. The molecular formula is C21H26Br2O4S2. The molecule has 8 heteroatoms. The Morgan fingerprint density at radius 2 is 1.10 bits per heavy atom. The molecule has 0 saturated heterocycles. The van der Waals surface area contributed by atoms with Crippen LogP contribution in [0.15, 0.2) is 67.3 Å². The quantitative estimate of drug-likeness (QED) is 0.383. The van der Waals surface area contributed by atoms with Crippen molar-refractivity contribution < 1.29 is 16.8 Å². The van der Waals surface area contributed by atoms with Crippen LogP contribution in [0.3, 0.4) is 0 Å². The van der Waals surface area contributed by atoms with Gasteiger partial charge in [0.15, 0.2) is 19.7 Å². The average molecular weight is 566 g/mol. The van der Waals surface area contributed by atoms with Gasteiger partial charge in [-0.2, -0.15) is 0 Å². The fraction of sp³-hybridized carbons (Fsp3) is 0.429. The number of hydrogen-bond donors (Lipinski definition) is 0. The fourth-order valence-electron chi connectivity index (χ4n) is 3.95. The van der Waals surface area contributed by atoms with Crippen LogP contribution in [-0.4, -0.2) is 26.3 Å². The smallest absolute Gasteiger partial charge is 0.185 e. The zero-order valence-corrected chi connectivity index (χ0v) is 21.8. The van der Waals surface area contributed by atoms with Crippen LogP contribution in [0.4, 0.5) is 0 Å². The second kappa shape index (κ2) is 8.81. The Labute approximate surface area is 191 Å². The summed E-state index contributed by atoms with van der Waals surface area (Å²) in [6.07, 6.45) is 0.968. The molecule has 0 radical (unpaired) electrons. The molecule has 1 atom stereocenters. The van der Waals surface area contributed by atoms with Crippen LogP contribution in [0, 0.1) is 0 Å². The SMILES string of the molecule is CCCC(CC)(C(C)(C)S(=O)(=O)c1ccc(Br)cc1)S(=O)(=O)c1ccc(Br)cc1. The molecule has 0 amide bonds. The lowest BCUT2D eigenvalue weighted by Crippen LogP contribution is -2.59. The number of rotatable bonds is 8. The van der Waals surface area contributed by atoms with Crippen molar-refractivity contribution in [2.24, 2.45) is 0 Å². The van der Waals surface area contributed by atoms with Crippen LogP contribution in [-0.2, 0) is 19.7 Å². The van der Waals surface area contributed by atoms with Crippen molar-refractivity contribution in [2.45, 2.75) is 66.2 Å². The van der Waals surface area contributed by atoms with Crippen molar-refractivity contribution >= 4 is 51.5 Å². The maximum absolute atomic E-state index is 13.9. The van der Waals surface area contributed by atoms with E-state index in [1.807, 2.05) is 6.92 Å². The van der Waals surface area contributed by atoms with Crippen molar-refractivity contribution in [3.8, 4) is 0 Å². The molecule has 2 aromatic rings. The predicted octanol–water partition coefficient (Wildman–Crippen LogP) is 6.19. The zero-order chi connectivity index (χ0) is 22.1. The zero-order valence-electron chi connectivity index (χ0n) is 16.9. The first kappa shape index (κ1) is 24.6. The lowest BCUT2D eigenvalue weighted by Gasteiger charge is -2.45. The molecule has 2 rings (SSSR count). The summed E-state index contributed by atoms with van der Waals surface area (Å²) in [4.78, 5) is 0.251. The van der Waals surface area contributed by atoms with Crippen LogP contribution >= 0.6 is 31.9 Å². The number of benzene rings is 2. The highest BCUT2D eigenvalue weighted by Gasteiger charge is 2.60. The highest BCUT2D eigenvalue weighted by Crippen LogP contribution is 2.48. The summed E-state index contributed by atoms with van der Waals surface area (Å²) < 4.78 is 53.6. The Morgan fingerprint density at radius 3 is 1.45 bits per heavy atom. The normalized spacial score (nSPS) is 15.1. The van der Waals surface area contributed by atoms with Gasteiger partial charge in [-0.3, -0.25) is 0 Å². The van der Waals surface area contributed by atoms with E-state index in [-0.39, 0.29) is 22.6 Å². The molecule has 160 valence electrons. The van der Waals surface area contributed by atoms with Gasteiger partial charge in [0.2, 0.25) is 0 Å². The molecule has 0 aliphatic carbocycles. The molecule has 0 spiro atoms. The van der Waals surface area contributed by atoms with Crippen molar-refractivity contribution in [3.63, 3.8) is 0 Å². The van der Waals surface area contributed by atoms with E-state index < -0.39 is 29.2 Å². The van der Waals surface area contributed by atoms with Gasteiger partial charge in [-0.15, -0.1) is 0 Å². The van der Waals surface area contributed by atoms with Crippen molar-refractivity contribution in [2.75, 3.05) is 0 Å². The molecule has 1 unspecified atom stereocenters. The molecule has 0 bridgehead atoms. The Balaban J connectivity index is 2.78. The molecule has 0 aliphatic rings. The van der Waals surface area contributed by atoms with E-state index in [0.29, 0.717) is 6.42 Å². The Kier molecular flexibility index (Phi) is 7.46. The molecule has 2 aromatic carbocycles. The minimum Gasteiger partial charge on any atom is -0.223 e. The minimum absolute atomic E-state index is 0.116. The molecule has 0 heterocycles. The maximum Gasteiger partial charge on any atom is 0.185 e. The molecule has 0 fully saturated rings. The highest BCUT2D eigenvalue weighted by atomic mass is 79.9. The Hall–Kier alpha value is -0.700. The van der Waals surface area contributed by atoms with Crippen molar-refractivity contribution in [1.82, 2.24) is 0 Å². The Morgan fingerprint density at radius 1 is 0.724 bits per heavy atom. The van der Waals surface area contributed by atoms with Gasteiger partial charge in [0.1, 0.15) is 0 Å². The van der Waals surface area contributed by atoms with Crippen LogP contribution < -0.4 is 0 Å². The second-order valence-electron chi connectivity index (χ2n) is 7.52. The molecule has 4 nitrogen and oxygen atoms in total. The van der Waals surface area contributed by atoms with E-state index >= 15 is 0 Å². The van der Waals surface area contributed by atoms with Crippen LogP contribution in [0.2, 0.25) is 0 Å². The molecular weight excluding hydrogens is 540 g/mol. The molecule has 29 heavy (non-hydrogen) atoms. The molecule has 0 aromatic heterocycles. The number of sulfone groups is 2. The van der Waals surface area contributed by atoms with Crippen LogP contribution in [0.25, 0.3) is 0 Å². The van der Waals surface area contributed by atoms with Gasteiger partial charge in [-0.1, -0.05) is 52.1 Å². The third kappa shape index (κ3) is 4.10. The first-order chi connectivity index (χ1) is 13.4. The maximum atomic E-state index is 13.9. The third-order valence-corrected chi connectivity index (χ3v) is 12.5. The average Bonchev–Trinajstić information content (AvgIpc) is 2.66. The lowest BCUT2D eigenvalue weighted by atomic mass is 9.87. The van der Waals surface area contributed by atoms with Gasteiger partial charge in [-0.05, 0) is 75.2 Å². The van der Waals surface area contributed by atoms with E-state index in [2.05, 4.69) is 31.9 Å². The van der Waals surface area contributed by atoms with Gasteiger partial charge in [0.25, 0.3) is 0 Å². The van der Waals surface area contributed by atoms with Gasteiger partial charge >= 0.3 is 0 Å². The predicted molar refractivity (Wildman–Crippen MR) is 125 cm³/mol. The van der Waals surface area contributed by atoms with E-state index in [4.69, 9.17) is 0 Å². The monoisotopic (exact) mass is 564 g/mol. The third-order valence-electron chi connectivity index (χ3n) is 5.76. The van der Waals surface area contributed by atoms with E-state index in [1.54, 1.807) is 45.0 Å². The van der Waals surface area contributed by atoms with Crippen LogP contribution in [0.5, 0.6) is 0 Å². The molecule has 0 aliphatic heterocycles. The summed E-state index contributed by atoms with van der Waals surface area (Å²) >= 11 is 6.64. The Bertz CT molecular complexity index is 1060. The van der Waals surface area contributed by atoms with Gasteiger partial charge in [-0.25, -0.2) is 16.8 Å². The number of halogens is 2. The van der Waals surface area contributed by atoms with E-state index in [1.165, 1.54) is 24.3 Å². The molecule has 0 N–H and O–H groups in total. The van der Waals surface area contributed by atoms with Gasteiger partial charge in [0, 0.05) is 8.95 Å².